The maximum Gasteiger partial charge on any atom is 0.263 e. The van der Waals surface area contributed by atoms with Crippen molar-refractivity contribution >= 4 is 34.7 Å². The maximum atomic E-state index is 12.4. The first-order valence-corrected chi connectivity index (χ1v) is 8.32. The molecule has 1 aliphatic rings. The molecule has 0 saturated heterocycles. The van der Waals surface area contributed by atoms with Gasteiger partial charge in [-0.25, -0.2) is 0 Å². The third kappa shape index (κ3) is 3.68. The molecular formula is C14H20ClN3O2S. The van der Waals surface area contributed by atoms with Gasteiger partial charge in [0.2, 0.25) is 0 Å². The Morgan fingerprint density at radius 1 is 1.52 bits per heavy atom. The number of amidine groups is 1. The van der Waals surface area contributed by atoms with Crippen LogP contribution in [0.1, 0.15) is 47.3 Å². The fraction of sp³-hybridized carbons (Fsp3) is 0.571. The van der Waals surface area contributed by atoms with Gasteiger partial charge in [0.1, 0.15) is 4.88 Å². The smallest absolute Gasteiger partial charge is 0.263 e. The number of hydrogen-bond donors (Lipinski definition) is 3. The van der Waals surface area contributed by atoms with Gasteiger partial charge >= 0.3 is 0 Å². The first kappa shape index (κ1) is 16.1. The second-order valence-corrected chi connectivity index (χ2v) is 6.69. The second-order valence-electron chi connectivity index (χ2n) is 5.44. The minimum atomic E-state index is -0.443. The van der Waals surface area contributed by atoms with Crippen molar-refractivity contribution in [2.24, 2.45) is 16.8 Å². The van der Waals surface area contributed by atoms with E-state index >= 15 is 0 Å². The Balaban J connectivity index is 2.14. The van der Waals surface area contributed by atoms with Crippen LogP contribution < -0.4 is 11.1 Å². The van der Waals surface area contributed by atoms with E-state index in [0.29, 0.717) is 9.90 Å². The van der Waals surface area contributed by atoms with Crippen LogP contribution in [0.25, 0.3) is 0 Å². The zero-order valence-corrected chi connectivity index (χ0v) is 13.5. The summed E-state index contributed by atoms with van der Waals surface area (Å²) in [7, 11) is 0. The Kier molecular flexibility index (Phi) is 5.47. The van der Waals surface area contributed by atoms with Crippen LogP contribution in [0.3, 0.4) is 0 Å². The Morgan fingerprint density at radius 3 is 2.71 bits per heavy atom. The molecule has 1 aromatic rings. The second kappa shape index (κ2) is 7.13. The summed E-state index contributed by atoms with van der Waals surface area (Å²) in [6, 6.07) is -0.443. The number of rotatable bonds is 4. The molecule has 1 unspecified atom stereocenters. The molecule has 21 heavy (non-hydrogen) atoms. The van der Waals surface area contributed by atoms with Gasteiger partial charge in [0.25, 0.3) is 5.91 Å². The van der Waals surface area contributed by atoms with Gasteiger partial charge in [-0.2, -0.15) is 0 Å². The SMILES string of the molecule is Cc1csc(C(=O)NC(C(N)=NO)C2CCCCC2)c1Cl. The molecule has 0 bridgehead atoms. The Morgan fingerprint density at radius 2 is 2.19 bits per heavy atom. The summed E-state index contributed by atoms with van der Waals surface area (Å²) in [5.74, 6) is -0.00152. The van der Waals surface area contributed by atoms with E-state index in [1.165, 1.54) is 17.8 Å². The summed E-state index contributed by atoms with van der Waals surface area (Å²) < 4.78 is 0. The van der Waals surface area contributed by atoms with Crippen LogP contribution in [0, 0.1) is 12.8 Å². The molecule has 0 spiro atoms. The van der Waals surface area contributed by atoms with Crippen molar-refractivity contribution in [3.63, 3.8) is 0 Å². The third-order valence-electron chi connectivity index (χ3n) is 3.95. The number of halogens is 1. The highest BCUT2D eigenvalue weighted by molar-refractivity contribution is 7.13. The van der Waals surface area contributed by atoms with Crippen molar-refractivity contribution in [1.29, 1.82) is 0 Å². The highest BCUT2D eigenvalue weighted by Gasteiger charge is 2.29. The lowest BCUT2D eigenvalue weighted by Crippen LogP contribution is -2.49. The normalized spacial score (nSPS) is 18.5. The number of nitrogens with two attached hydrogens (primary N) is 1. The number of oxime groups is 1. The van der Waals surface area contributed by atoms with E-state index in [2.05, 4.69) is 10.5 Å². The number of nitrogens with zero attached hydrogens (tertiary/aromatic N) is 1. The van der Waals surface area contributed by atoms with Gasteiger partial charge in [-0.05, 0) is 36.6 Å². The summed E-state index contributed by atoms with van der Waals surface area (Å²) in [6.45, 7) is 1.86. The zero-order chi connectivity index (χ0) is 15.4. The lowest BCUT2D eigenvalue weighted by atomic mass is 9.83. The molecule has 1 amide bonds. The van der Waals surface area contributed by atoms with E-state index in [9.17, 15) is 4.79 Å². The molecule has 1 heterocycles. The largest absolute Gasteiger partial charge is 0.409 e. The van der Waals surface area contributed by atoms with Crippen LogP contribution >= 0.6 is 22.9 Å². The van der Waals surface area contributed by atoms with Crippen molar-refractivity contribution in [1.82, 2.24) is 5.32 Å². The molecular weight excluding hydrogens is 310 g/mol. The molecule has 1 aromatic heterocycles. The highest BCUT2D eigenvalue weighted by atomic mass is 35.5. The van der Waals surface area contributed by atoms with Crippen LogP contribution in [0.2, 0.25) is 5.02 Å². The minimum absolute atomic E-state index is 0.0552. The lowest BCUT2D eigenvalue weighted by Gasteiger charge is -2.29. The summed E-state index contributed by atoms with van der Waals surface area (Å²) in [5, 5.41) is 17.2. The third-order valence-corrected chi connectivity index (χ3v) is 5.64. The van der Waals surface area contributed by atoms with Gasteiger partial charge in [0.15, 0.2) is 5.84 Å². The number of carbonyl (C=O) groups excluding carboxylic acids is 1. The van der Waals surface area contributed by atoms with E-state index in [4.69, 9.17) is 22.5 Å². The minimum Gasteiger partial charge on any atom is -0.409 e. The van der Waals surface area contributed by atoms with Crippen molar-refractivity contribution in [3.8, 4) is 0 Å². The lowest BCUT2D eigenvalue weighted by molar-refractivity contribution is 0.0934. The molecule has 5 nitrogen and oxygen atoms in total. The van der Waals surface area contributed by atoms with Crippen LogP contribution in [-0.4, -0.2) is 23.0 Å². The molecule has 0 radical (unpaired) electrons. The molecule has 1 atom stereocenters. The average molecular weight is 330 g/mol. The molecule has 1 aliphatic carbocycles. The predicted octanol–water partition coefficient (Wildman–Crippen LogP) is 3.14. The van der Waals surface area contributed by atoms with E-state index < -0.39 is 6.04 Å². The van der Waals surface area contributed by atoms with Crippen LogP contribution in [0.15, 0.2) is 10.5 Å². The summed E-state index contributed by atoms with van der Waals surface area (Å²) >= 11 is 7.43. The van der Waals surface area contributed by atoms with Crippen LogP contribution in [-0.2, 0) is 0 Å². The predicted molar refractivity (Wildman–Crippen MR) is 85.3 cm³/mol. The number of carbonyl (C=O) groups is 1. The molecule has 0 aromatic carbocycles. The van der Waals surface area contributed by atoms with E-state index in [-0.39, 0.29) is 17.7 Å². The zero-order valence-electron chi connectivity index (χ0n) is 11.9. The Labute approximate surface area is 133 Å². The summed E-state index contributed by atoms with van der Waals surface area (Å²) in [4.78, 5) is 12.8. The molecule has 2 rings (SSSR count). The number of hydrogen-bond acceptors (Lipinski definition) is 4. The first-order chi connectivity index (χ1) is 10.0. The van der Waals surface area contributed by atoms with Crippen LogP contribution in [0.4, 0.5) is 0 Å². The van der Waals surface area contributed by atoms with Crippen molar-refractivity contribution < 1.29 is 10.0 Å². The van der Waals surface area contributed by atoms with Gasteiger partial charge in [0.05, 0.1) is 11.1 Å². The van der Waals surface area contributed by atoms with Crippen LogP contribution in [0.5, 0.6) is 0 Å². The van der Waals surface area contributed by atoms with Gasteiger partial charge in [-0.3, -0.25) is 4.79 Å². The Hall–Kier alpha value is -1.27. The fourth-order valence-electron chi connectivity index (χ4n) is 2.75. The van der Waals surface area contributed by atoms with Crippen molar-refractivity contribution in [2.45, 2.75) is 45.1 Å². The fourth-order valence-corrected chi connectivity index (χ4v) is 3.93. The average Bonchev–Trinajstić information content (AvgIpc) is 2.84. The van der Waals surface area contributed by atoms with E-state index in [1.807, 2.05) is 12.3 Å². The monoisotopic (exact) mass is 329 g/mol. The molecule has 1 fully saturated rings. The maximum absolute atomic E-state index is 12.4. The topological polar surface area (TPSA) is 87.7 Å². The molecule has 7 heteroatoms. The molecule has 1 saturated carbocycles. The van der Waals surface area contributed by atoms with Gasteiger partial charge in [-0.1, -0.05) is 36.0 Å². The quantitative estimate of drug-likeness (QED) is 0.343. The Bertz CT molecular complexity index is 538. The molecule has 4 N–H and O–H groups in total. The van der Waals surface area contributed by atoms with E-state index in [0.717, 1.165) is 31.2 Å². The summed E-state index contributed by atoms with van der Waals surface area (Å²) in [5.41, 5.74) is 6.65. The standard InChI is InChI=1S/C14H20ClN3O2S/c1-8-7-21-12(10(8)15)14(19)17-11(13(16)18-20)9-5-3-2-4-6-9/h7,9,11,20H,2-6H2,1H3,(H2,16,18)(H,17,19). The van der Waals surface area contributed by atoms with Gasteiger partial charge in [0, 0.05) is 0 Å². The van der Waals surface area contributed by atoms with Crippen molar-refractivity contribution in [3.05, 3.63) is 20.8 Å². The van der Waals surface area contributed by atoms with Gasteiger partial charge in [-0.15, -0.1) is 11.3 Å². The summed E-state index contributed by atoms with van der Waals surface area (Å²) in [6.07, 6.45) is 5.35. The number of amides is 1. The highest BCUT2D eigenvalue weighted by Crippen LogP contribution is 2.29. The van der Waals surface area contributed by atoms with E-state index in [1.54, 1.807) is 0 Å². The van der Waals surface area contributed by atoms with Crippen molar-refractivity contribution in [2.75, 3.05) is 0 Å². The first-order valence-electron chi connectivity index (χ1n) is 7.06. The van der Waals surface area contributed by atoms with Gasteiger partial charge < -0.3 is 16.3 Å². The molecule has 0 aliphatic heterocycles. The number of aryl methyl sites for hydroxylation is 1. The number of thiophene rings is 1. The number of nitrogens with one attached hydrogen (secondary N) is 1. The molecule has 116 valence electrons.